The zero-order chi connectivity index (χ0) is 14.0. The van der Waals surface area contributed by atoms with Crippen LogP contribution in [0.1, 0.15) is 19.4 Å². The van der Waals surface area contributed by atoms with Crippen LogP contribution in [-0.4, -0.2) is 29.7 Å². The summed E-state index contributed by atoms with van der Waals surface area (Å²) in [5.74, 6) is -1.17. The monoisotopic (exact) mass is 253 g/mol. The van der Waals surface area contributed by atoms with Crippen LogP contribution in [0.5, 0.6) is 0 Å². The van der Waals surface area contributed by atoms with Gasteiger partial charge in [0.05, 0.1) is 6.61 Å². The predicted octanol–water partition coefficient (Wildman–Crippen LogP) is 1.21. The van der Waals surface area contributed by atoms with E-state index in [9.17, 15) is 9.59 Å². The van der Waals surface area contributed by atoms with Crippen molar-refractivity contribution in [2.45, 2.75) is 26.3 Å². The average molecular weight is 253 g/mol. The lowest BCUT2D eigenvalue weighted by Gasteiger charge is -2.04. The van der Waals surface area contributed by atoms with Crippen molar-refractivity contribution in [1.82, 2.24) is 0 Å². The van der Waals surface area contributed by atoms with Crippen LogP contribution in [0.25, 0.3) is 0 Å². The fourth-order valence-corrected chi connectivity index (χ4v) is 1.16. The predicted molar refractivity (Wildman–Crippen MR) is 68.1 cm³/mol. The van der Waals surface area contributed by atoms with Crippen molar-refractivity contribution in [3.63, 3.8) is 0 Å². The topological polar surface area (TPSA) is 89.6 Å². The molecule has 1 aromatic rings. The van der Waals surface area contributed by atoms with Crippen molar-refractivity contribution < 1.29 is 19.4 Å². The highest BCUT2D eigenvalue weighted by atomic mass is 16.5. The van der Waals surface area contributed by atoms with Crippen molar-refractivity contribution in [2.75, 3.05) is 6.61 Å². The molecule has 0 saturated heterocycles. The lowest BCUT2D eigenvalue weighted by molar-refractivity contribution is -0.140. The van der Waals surface area contributed by atoms with Crippen LogP contribution >= 0.6 is 0 Å². The van der Waals surface area contributed by atoms with Gasteiger partial charge in [0.25, 0.3) is 0 Å². The first kappa shape index (κ1) is 16.1. The van der Waals surface area contributed by atoms with Gasteiger partial charge in [0.1, 0.15) is 6.04 Å². The Kier molecular flexibility index (Phi) is 8.22. The summed E-state index contributed by atoms with van der Waals surface area (Å²) in [4.78, 5) is 20.2. The van der Waals surface area contributed by atoms with Crippen molar-refractivity contribution in [3.05, 3.63) is 35.9 Å². The summed E-state index contributed by atoms with van der Waals surface area (Å²) in [7, 11) is 0. The Hall–Kier alpha value is -1.88. The van der Waals surface area contributed by atoms with Crippen molar-refractivity contribution in [3.8, 4) is 0 Å². The molecule has 0 spiro atoms. The van der Waals surface area contributed by atoms with Crippen LogP contribution < -0.4 is 5.73 Å². The Morgan fingerprint density at radius 2 is 1.89 bits per heavy atom. The minimum absolute atomic E-state index is 0.211. The molecule has 0 fully saturated rings. The second-order valence-corrected chi connectivity index (χ2v) is 3.56. The van der Waals surface area contributed by atoms with E-state index in [1.807, 2.05) is 30.3 Å². The van der Waals surface area contributed by atoms with E-state index >= 15 is 0 Å². The number of hydrogen-bond acceptors (Lipinski definition) is 4. The summed E-state index contributed by atoms with van der Waals surface area (Å²) in [6, 6.07) is 8.54. The molecule has 100 valence electrons. The van der Waals surface area contributed by atoms with Crippen LogP contribution in [0, 0.1) is 0 Å². The van der Waals surface area contributed by atoms with E-state index in [2.05, 4.69) is 4.74 Å². The third-order valence-corrected chi connectivity index (χ3v) is 1.96. The number of aliphatic carboxylic acids is 1. The molecule has 1 atom stereocenters. The summed E-state index contributed by atoms with van der Waals surface area (Å²) in [6.07, 6.45) is 0.385. The van der Waals surface area contributed by atoms with Gasteiger partial charge in [-0.25, -0.2) is 0 Å². The second kappa shape index (κ2) is 9.18. The maximum atomic E-state index is 10.4. The van der Waals surface area contributed by atoms with Crippen LogP contribution in [0.4, 0.5) is 0 Å². The van der Waals surface area contributed by atoms with Gasteiger partial charge >= 0.3 is 11.9 Å². The molecule has 0 aromatic heterocycles. The molecule has 0 aliphatic carbocycles. The minimum atomic E-state index is -0.959. The van der Waals surface area contributed by atoms with Crippen LogP contribution in [0.2, 0.25) is 0 Å². The Labute approximate surface area is 107 Å². The standard InChI is InChI=1S/C9H11NO2.C4H8O2/c10-8(9(11)12)6-7-4-2-1-3-5-7;1-3-6-4(2)5/h1-5,8H,6,10H2,(H,11,12);3H2,1-2H3/t8-;/m0./s1. The number of carbonyl (C=O) groups excluding carboxylic acids is 1. The van der Waals surface area contributed by atoms with Gasteiger partial charge in [-0.1, -0.05) is 30.3 Å². The maximum absolute atomic E-state index is 10.4. The molecule has 0 radical (unpaired) electrons. The van der Waals surface area contributed by atoms with Gasteiger partial charge < -0.3 is 15.6 Å². The normalized spacial score (nSPS) is 10.8. The zero-order valence-electron chi connectivity index (χ0n) is 10.6. The average Bonchev–Trinajstić information content (AvgIpc) is 2.30. The Balaban J connectivity index is 0.000000411. The maximum Gasteiger partial charge on any atom is 0.320 e. The number of carbonyl (C=O) groups is 2. The number of nitrogens with two attached hydrogens (primary N) is 1. The molecule has 5 heteroatoms. The molecule has 1 rings (SSSR count). The molecule has 5 nitrogen and oxygen atoms in total. The third-order valence-electron chi connectivity index (χ3n) is 1.96. The SMILES string of the molecule is CCOC(C)=O.N[C@@H](Cc1ccccc1)C(=O)O. The number of rotatable bonds is 4. The van der Waals surface area contributed by atoms with Gasteiger partial charge in [-0.15, -0.1) is 0 Å². The lowest BCUT2D eigenvalue weighted by atomic mass is 10.1. The van der Waals surface area contributed by atoms with Gasteiger partial charge in [0.15, 0.2) is 0 Å². The molecule has 0 aliphatic heterocycles. The largest absolute Gasteiger partial charge is 0.480 e. The Bertz CT molecular complexity index is 365. The molecule has 1 aromatic carbocycles. The number of esters is 1. The van der Waals surface area contributed by atoms with E-state index in [0.29, 0.717) is 13.0 Å². The molecule has 0 saturated carbocycles. The molecule has 0 bridgehead atoms. The summed E-state index contributed by atoms with van der Waals surface area (Å²) in [6.45, 7) is 3.65. The van der Waals surface area contributed by atoms with Crippen LogP contribution in [-0.2, 0) is 20.7 Å². The van der Waals surface area contributed by atoms with E-state index < -0.39 is 12.0 Å². The summed E-state index contributed by atoms with van der Waals surface area (Å²) >= 11 is 0. The highest BCUT2D eigenvalue weighted by molar-refractivity contribution is 5.73. The first-order chi connectivity index (χ1) is 8.47. The molecular formula is C13H19NO4. The molecule has 0 unspecified atom stereocenters. The molecule has 3 N–H and O–H groups in total. The van der Waals surface area contributed by atoms with Crippen molar-refractivity contribution >= 4 is 11.9 Å². The molecule has 0 heterocycles. The first-order valence-corrected chi connectivity index (χ1v) is 5.63. The molecule has 0 amide bonds. The van der Waals surface area contributed by atoms with Gasteiger partial charge in [-0.05, 0) is 18.9 Å². The first-order valence-electron chi connectivity index (χ1n) is 5.63. The summed E-state index contributed by atoms with van der Waals surface area (Å²) < 4.78 is 4.40. The minimum Gasteiger partial charge on any atom is -0.480 e. The summed E-state index contributed by atoms with van der Waals surface area (Å²) in [5.41, 5.74) is 6.30. The van der Waals surface area contributed by atoms with Crippen LogP contribution in [0.15, 0.2) is 30.3 Å². The van der Waals surface area contributed by atoms with E-state index in [-0.39, 0.29) is 5.97 Å². The van der Waals surface area contributed by atoms with Gasteiger partial charge in [-0.2, -0.15) is 0 Å². The highest BCUT2D eigenvalue weighted by Gasteiger charge is 2.10. The number of ether oxygens (including phenoxy) is 1. The fraction of sp³-hybridized carbons (Fsp3) is 0.385. The van der Waals surface area contributed by atoms with E-state index in [0.717, 1.165) is 5.56 Å². The molecule has 0 aliphatic rings. The Morgan fingerprint density at radius 1 is 1.33 bits per heavy atom. The molecular weight excluding hydrogens is 234 g/mol. The number of carboxylic acid groups (broad SMARTS) is 1. The zero-order valence-corrected chi connectivity index (χ0v) is 10.6. The quantitative estimate of drug-likeness (QED) is 0.787. The van der Waals surface area contributed by atoms with Gasteiger partial charge in [0.2, 0.25) is 0 Å². The number of benzene rings is 1. The second-order valence-electron chi connectivity index (χ2n) is 3.56. The van der Waals surface area contributed by atoms with Gasteiger partial charge in [-0.3, -0.25) is 9.59 Å². The number of carboxylic acids is 1. The smallest absolute Gasteiger partial charge is 0.320 e. The van der Waals surface area contributed by atoms with Crippen LogP contribution in [0.3, 0.4) is 0 Å². The Morgan fingerprint density at radius 3 is 2.22 bits per heavy atom. The van der Waals surface area contributed by atoms with Crippen molar-refractivity contribution in [1.29, 1.82) is 0 Å². The highest BCUT2D eigenvalue weighted by Crippen LogP contribution is 2.01. The lowest BCUT2D eigenvalue weighted by Crippen LogP contribution is -2.32. The summed E-state index contributed by atoms with van der Waals surface area (Å²) in [5, 5.41) is 8.52. The fourth-order valence-electron chi connectivity index (χ4n) is 1.16. The van der Waals surface area contributed by atoms with E-state index in [1.54, 1.807) is 6.92 Å². The molecule has 18 heavy (non-hydrogen) atoms. The van der Waals surface area contributed by atoms with Gasteiger partial charge in [0, 0.05) is 6.92 Å². The van der Waals surface area contributed by atoms with E-state index in [4.69, 9.17) is 10.8 Å². The van der Waals surface area contributed by atoms with E-state index in [1.165, 1.54) is 6.92 Å². The third kappa shape index (κ3) is 8.29. The number of hydrogen-bond donors (Lipinski definition) is 2. The van der Waals surface area contributed by atoms with Crippen molar-refractivity contribution in [2.24, 2.45) is 5.73 Å².